The normalized spacial score (nSPS) is 18.7. The van der Waals surface area contributed by atoms with Crippen LogP contribution in [0.5, 0.6) is 5.88 Å². The zero-order chi connectivity index (χ0) is 19.7. The third kappa shape index (κ3) is 3.53. The van der Waals surface area contributed by atoms with Crippen LogP contribution in [0.25, 0.3) is 16.8 Å². The summed E-state index contributed by atoms with van der Waals surface area (Å²) in [7, 11) is 1.81. The first-order valence-electron chi connectivity index (χ1n) is 8.96. The molecule has 9 heteroatoms. The first-order valence-corrected chi connectivity index (χ1v) is 8.96. The number of rotatable bonds is 4. The number of halogens is 1. The average molecular weight is 382 g/mol. The van der Waals surface area contributed by atoms with Crippen LogP contribution in [-0.4, -0.2) is 42.4 Å². The lowest BCUT2D eigenvalue weighted by Crippen LogP contribution is -2.32. The van der Waals surface area contributed by atoms with Crippen molar-refractivity contribution in [3.63, 3.8) is 0 Å². The van der Waals surface area contributed by atoms with Crippen LogP contribution in [0.1, 0.15) is 26.2 Å². The number of amides is 1. The predicted molar refractivity (Wildman–Crippen MR) is 98.8 cm³/mol. The summed E-state index contributed by atoms with van der Waals surface area (Å²) in [5.41, 5.74) is 1.55. The van der Waals surface area contributed by atoms with E-state index >= 15 is 0 Å². The molecule has 3 heterocycles. The van der Waals surface area contributed by atoms with Crippen LogP contribution >= 0.6 is 0 Å². The Morgan fingerprint density at radius 2 is 2.18 bits per heavy atom. The number of aromatic nitrogens is 5. The number of nitrogens with zero attached hydrogens (tertiary/aromatic N) is 5. The molecular formula is C19H19FN6O2. The number of aryl methyl sites for hydroxylation is 1. The highest BCUT2D eigenvalue weighted by Crippen LogP contribution is 2.30. The Balaban J connectivity index is 1.58. The maximum Gasteiger partial charge on any atom is 0.296 e. The second-order valence-corrected chi connectivity index (χ2v) is 6.72. The zero-order valence-corrected chi connectivity index (χ0v) is 15.5. The second-order valence-electron chi connectivity index (χ2n) is 6.72. The topological polar surface area (TPSA) is 86.3 Å². The molecule has 1 fully saturated rings. The van der Waals surface area contributed by atoms with Gasteiger partial charge in [-0.3, -0.25) is 9.48 Å². The van der Waals surface area contributed by atoms with Crippen molar-refractivity contribution in [3.05, 3.63) is 30.6 Å². The highest BCUT2D eigenvalue weighted by atomic mass is 19.1. The van der Waals surface area contributed by atoms with Crippen molar-refractivity contribution in [1.29, 1.82) is 0 Å². The molecule has 1 aliphatic rings. The lowest BCUT2D eigenvalue weighted by Gasteiger charge is -2.15. The van der Waals surface area contributed by atoms with Gasteiger partial charge in [0.05, 0.1) is 24.3 Å². The van der Waals surface area contributed by atoms with Gasteiger partial charge in [0.1, 0.15) is 6.10 Å². The van der Waals surface area contributed by atoms with E-state index in [1.807, 2.05) is 13.2 Å². The lowest BCUT2D eigenvalue weighted by molar-refractivity contribution is -0.116. The molecule has 4 rings (SSSR count). The van der Waals surface area contributed by atoms with E-state index in [0.717, 1.165) is 24.6 Å². The number of fused-ring (bicyclic) bond motifs is 1. The number of ether oxygens (including phenoxy) is 1. The number of hydrogen-bond donors (Lipinski definition) is 1. The Morgan fingerprint density at radius 1 is 1.32 bits per heavy atom. The monoisotopic (exact) mass is 382 g/mol. The van der Waals surface area contributed by atoms with Crippen LogP contribution in [-0.2, 0) is 11.8 Å². The third-order valence-electron chi connectivity index (χ3n) is 4.66. The maximum atomic E-state index is 14.3. The third-order valence-corrected chi connectivity index (χ3v) is 4.66. The van der Waals surface area contributed by atoms with Crippen LogP contribution in [0.15, 0.2) is 24.8 Å². The molecule has 0 unspecified atom stereocenters. The van der Waals surface area contributed by atoms with Crippen LogP contribution in [0.4, 0.5) is 4.39 Å². The summed E-state index contributed by atoms with van der Waals surface area (Å²) in [6.45, 7) is 1.62. The molecule has 0 aromatic carbocycles. The minimum Gasteiger partial charge on any atom is -0.473 e. The van der Waals surface area contributed by atoms with Gasteiger partial charge in [0.15, 0.2) is 11.3 Å². The highest BCUT2D eigenvalue weighted by Gasteiger charge is 2.29. The van der Waals surface area contributed by atoms with E-state index in [0.29, 0.717) is 12.1 Å². The van der Waals surface area contributed by atoms with E-state index in [-0.39, 0.29) is 29.4 Å². The van der Waals surface area contributed by atoms with Crippen LogP contribution in [0.3, 0.4) is 0 Å². The van der Waals surface area contributed by atoms with Crippen molar-refractivity contribution < 1.29 is 13.9 Å². The summed E-state index contributed by atoms with van der Waals surface area (Å²) >= 11 is 0. The van der Waals surface area contributed by atoms with E-state index in [4.69, 9.17) is 4.74 Å². The molecule has 0 spiro atoms. The van der Waals surface area contributed by atoms with Gasteiger partial charge < -0.3 is 10.1 Å². The Hall–Kier alpha value is -3.41. The Labute approximate surface area is 160 Å². The van der Waals surface area contributed by atoms with Gasteiger partial charge in [0.25, 0.3) is 5.91 Å². The zero-order valence-electron chi connectivity index (χ0n) is 15.5. The minimum atomic E-state index is -0.499. The molecule has 3 aromatic heterocycles. The molecule has 0 saturated heterocycles. The first kappa shape index (κ1) is 18.0. The molecule has 0 bridgehead atoms. The molecule has 1 amide bonds. The molecule has 0 radical (unpaired) electrons. The van der Waals surface area contributed by atoms with Crippen molar-refractivity contribution in [2.45, 2.75) is 38.3 Å². The van der Waals surface area contributed by atoms with E-state index in [1.165, 1.54) is 4.52 Å². The van der Waals surface area contributed by atoms with Crippen molar-refractivity contribution in [2.75, 3.05) is 0 Å². The summed E-state index contributed by atoms with van der Waals surface area (Å²) in [6.07, 6.45) is 8.18. The van der Waals surface area contributed by atoms with E-state index in [1.54, 1.807) is 24.0 Å². The number of hydrogen-bond acceptors (Lipinski definition) is 5. The Bertz CT molecular complexity index is 1090. The lowest BCUT2D eigenvalue weighted by atomic mass is 10.2. The predicted octanol–water partition coefficient (Wildman–Crippen LogP) is 1.71. The van der Waals surface area contributed by atoms with Crippen LogP contribution in [0, 0.1) is 17.7 Å². The molecule has 0 aliphatic heterocycles. The molecular weight excluding hydrogens is 363 g/mol. The highest BCUT2D eigenvalue weighted by molar-refractivity contribution is 5.93. The van der Waals surface area contributed by atoms with Crippen molar-refractivity contribution in [1.82, 2.24) is 29.7 Å². The molecule has 1 N–H and O–H groups in total. The summed E-state index contributed by atoms with van der Waals surface area (Å²) in [4.78, 5) is 16.2. The fourth-order valence-electron chi connectivity index (χ4n) is 3.39. The van der Waals surface area contributed by atoms with Gasteiger partial charge in [0, 0.05) is 31.3 Å². The number of carbonyl (C=O) groups excluding carboxylic acids is 1. The molecule has 3 aromatic rings. The quantitative estimate of drug-likeness (QED) is 0.695. The first-order chi connectivity index (χ1) is 13.5. The molecule has 1 saturated carbocycles. The van der Waals surface area contributed by atoms with Gasteiger partial charge in [-0.1, -0.05) is 5.92 Å². The van der Waals surface area contributed by atoms with Gasteiger partial charge in [0.2, 0.25) is 5.88 Å². The maximum absolute atomic E-state index is 14.3. The summed E-state index contributed by atoms with van der Waals surface area (Å²) < 4.78 is 23.4. The Kier molecular flexibility index (Phi) is 4.69. The largest absolute Gasteiger partial charge is 0.473 e. The summed E-state index contributed by atoms with van der Waals surface area (Å²) in [5, 5.41) is 11.1. The second kappa shape index (κ2) is 7.31. The van der Waals surface area contributed by atoms with Crippen molar-refractivity contribution >= 4 is 11.4 Å². The van der Waals surface area contributed by atoms with E-state index in [2.05, 4.69) is 32.3 Å². The number of nitrogens with one attached hydrogen (secondary N) is 1. The molecule has 1 aliphatic carbocycles. The molecule has 144 valence electrons. The smallest absolute Gasteiger partial charge is 0.296 e. The molecule has 28 heavy (non-hydrogen) atoms. The number of carbonyl (C=O) groups is 1. The fourth-order valence-corrected chi connectivity index (χ4v) is 3.39. The van der Waals surface area contributed by atoms with Gasteiger partial charge >= 0.3 is 0 Å². The van der Waals surface area contributed by atoms with Gasteiger partial charge in [-0.15, -0.1) is 0 Å². The van der Waals surface area contributed by atoms with Crippen molar-refractivity contribution in [3.8, 4) is 29.0 Å². The standard InChI is InChI=1S/C19H19FN6O2/c1-3-4-17(27)23-13-5-6-14(7-13)28-19-18-15(20)9-22-26(18)11-16(24-19)12-8-21-25(2)10-12/h8-11,13-14H,5-7H2,1-2H3,(H,23,27)/t13-,14+/m0/s1. The van der Waals surface area contributed by atoms with Crippen LogP contribution in [0.2, 0.25) is 0 Å². The van der Waals surface area contributed by atoms with Gasteiger partial charge in [-0.2, -0.15) is 10.2 Å². The van der Waals surface area contributed by atoms with Crippen LogP contribution < -0.4 is 10.1 Å². The fraction of sp³-hybridized carbons (Fsp3) is 0.368. The van der Waals surface area contributed by atoms with E-state index < -0.39 is 5.82 Å². The Morgan fingerprint density at radius 3 is 2.93 bits per heavy atom. The minimum absolute atomic E-state index is 0.0226. The van der Waals surface area contributed by atoms with Crippen molar-refractivity contribution in [2.24, 2.45) is 7.05 Å². The molecule has 2 atom stereocenters. The molecule has 8 nitrogen and oxygen atoms in total. The van der Waals surface area contributed by atoms with Gasteiger partial charge in [-0.05, 0) is 25.7 Å². The summed E-state index contributed by atoms with van der Waals surface area (Å²) in [5.74, 6) is 4.43. The summed E-state index contributed by atoms with van der Waals surface area (Å²) in [6, 6.07) is -0.0226. The SMILES string of the molecule is CC#CC(=O)N[C@H]1CC[C@@H](Oc2nc(-c3cnn(C)c3)cn3ncc(F)c23)C1. The van der Waals surface area contributed by atoms with Gasteiger partial charge in [-0.25, -0.2) is 13.9 Å². The van der Waals surface area contributed by atoms with E-state index in [9.17, 15) is 9.18 Å². The average Bonchev–Trinajstić information content (AvgIpc) is 3.36.